The Bertz CT molecular complexity index is 1160. The SMILES string of the molecule is C=C1C=CC=N/C1=[N+]1/N=C(C(F)(F)F)C=C1C(=O)Nc1c(C)cc(Cl)cc1C(=O)NC. The number of halogens is 4. The van der Waals surface area contributed by atoms with Gasteiger partial charge in [0.1, 0.15) is 6.21 Å². The maximum absolute atomic E-state index is 13.3. The van der Waals surface area contributed by atoms with Crippen LogP contribution in [0.5, 0.6) is 0 Å². The number of allylic oxidation sites excluding steroid dienone is 2. The van der Waals surface area contributed by atoms with Gasteiger partial charge in [-0.3, -0.25) is 9.59 Å². The van der Waals surface area contributed by atoms with Gasteiger partial charge in [-0.1, -0.05) is 28.0 Å². The first-order chi connectivity index (χ1) is 14.5. The van der Waals surface area contributed by atoms with Gasteiger partial charge in [0.05, 0.1) is 16.8 Å². The minimum atomic E-state index is -4.79. The lowest BCUT2D eigenvalue weighted by Crippen LogP contribution is -2.27. The molecule has 3 rings (SSSR count). The van der Waals surface area contributed by atoms with Crippen molar-refractivity contribution in [2.24, 2.45) is 10.1 Å². The fourth-order valence-corrected chi connectivity index (χ4v) is 3.14. The molecule has 0 atom stereocenters. The molecule has 2 amide bonds. The molecule has 0 aliphatic carbocycles. The Morgan fingerprint density at radius 2 is 1.94 bits per heavy atom. The average molecular weight is 451 g/mol. The lowest BCUT2D eigenvalue weighted by Gasteiger charge is -2.14. The van der Waals surface area contributed by atoms with Gasteiger partial charge in [0, 0.05) is 18.1 Å². The summed E-state index contributed by atoms with van der Waals surface area (Å²) in [7, 11) is 1.39. The zero-order valence-corrected chi connectivity index (χ0v) is 17.1. The molecule has 2 N–H and O–H groups in total. The highest BCUT2D eigenvalue weighted by atomic mass is 35.5. The summed E-state index contributed by atoms with van der Waals surface area (Å²) in [4.78, 5) is 29.2. The van der Waals surface area contributed by atoms with E-state index in [9.17, 15) is 22.8 Å². The highest BCUT2D eigenvalue weighted by molar-refractivity contribution is 6.31. The predicted octanol–water partition coefficient (Wildman–Crippen LogP) is 3.37. The zero-order valence-electron chi connectivity index (χ0n) is 16.3. The Hall–Kier alpha value is -3.53. The van der Waals surface area contributed by atoms with Crippen molar-refractivity contribution in [3.8, 4) is 0 Å². The van der Waals surface area contributed by atoms with Crippen molar-refractivity contribution >= 4 is 46.9 Å². The van der Waals surface area contributed by atoms with Crippen LogP contribution in [0.25, 0.3) is 0 Å². The van der Waals surface area contributed by atoms with Crippen LogP contribution in [0.1, 0.15) is 15.9 Å². The van der Waals surface area contributed by atoms with Crippen LogP contribution in [-0.4, -0.2) is 47.5 Å². The number of nitrogens with zero attached hydrogens (tertiary/aromatic N) is 3. The van der Waals surface area contributed by atoms with Crippen LogP contribution in [0.3, 0.4) is 0 Å². The molecule has 7 nitrogen and oxygen atoms in total. The number of hydrogen-bond donors (Lipinski definition) is 2. The molecule has 0 radical (unpaired) electrons. The van der Waals surface area contributed by atoms with E-state index in [1.165, 1.54) is 31.5 Å². The van der Waals surface area contributed by atoms with Gasteiger partial charge in [0.25, 0.3) is 11.8 Å². The standard InChI is InChI=1S/C20H15ClF3N5O2/c1-10-5-4-6-26-17(10)29-14(9-15(28-29)20(22,23)24)19(31)27-16-11(2)7-12(21)8-13(16)18(30)25-3/h4-9H,1H2,2-3H3,(H-,25,27,30,31)/p+1. The summed E-state index contributed by atoms with van der Waals surface area (Å²) < 4.78 is 40.7. The summed E-state index contributed by atoms with van der Waals surface area (Å²) in [6.07, 6.45) is 0.222. The molecule has 0 saturated heterocycles. The van der Waals surface area contributed by atoms with Gasteiger partial charge in [-0.05, 0) is 41.8 Å². The van der Waals surface area contributed by atoms with Gasteiger partial charge in [0.15, 0.2) is 5.71 Å². The molecule has 0 bridgehead atoms. The lowest BCUT2D eigenvalue weighted by atomic mass is 10.1. The number of hydrogen-bond acceptors (Lipinski definition) is 3. The van der Waals surface area contributed by atoms with Crippen LogP contribution in [0.15, 0.2) is 58.3 Å². The number of amides is 2. The van der Waals surface area contributed by atoms with E-state index in [0.29, 0.717) is 11.6 Å². The Morgan fingerprint density at radius 1 is 1.23 bits per heavy atom. The fourth-order valence-electron chi connectivity index (χ4n) is 2.86. The van der Waals surface area contributed by atoms with E-state index in [4.69, 9.17) is 11.6 Å². The first-order valence-corrected chi connectivity index (χ1v) is 9.19. The van der Waals surface area contributed by atoms with E-state index in [1.807, 2.05) is 0 Å². The van der Waals surface area contributed by atoms with Crippen molar-refractivity contribution in [1.82, 2.24) is 5.32 Å². The summed E-state index contributed by atoms with van der Waals surface area (Å²) in [5, 5.41) is 8.69. The van der Waals surface area contributed by atoms with Crippen LogP contribution in [-0.2, 0) is 4.79 Å². The number of carbonyl (C=O) groups excluding carboxylic acids is 2. The van der Waals surface area contributed by atoms with Crippen LogP contribution in [0.4, 0.5) is 18.9 Å². The number of nitrogens with one attached hydrogen (secondary N) is 2. The molecule has 0 aromatic heterocycles. The molecule has 1 aromatic carbocycles. The number of aryl methyl sites for hydroxylation is 1. The number of carbonyl (C=O) groups is 2. The first-order valence-electron chi connectivity index (χ1n) is 8.81. The Balaban J connectivity index is 2.08. The number of dihydropyridines is 1. The van der Waals surface area contributed by atoms with Gasteiger partial charge in [-0.25, -0.2) is 0 Å². The number of benzene rings is 1. The molecule has 0 unspecified atom stereocenters. The summed E-state index contributed by atoms with van der Waals surface area (Å²) in [6.45, 7) is 5.32. The van der Waals surface area contributed by atoms with Crippen LogP contribution in [0, 0.1) is 6.92 Å². The monoisotopic (exact) mass is 450 g/mol. The molecular formula is C20H16ClF3N5O2+. The predicted molar refractivity (Wildman–Crippen MR) is 112 cm³/mol. The lowest BCUT2D eigenvalue weighted by molar-refractivity contribution is -0.472. The molecule has 2 heterocycles. The van der Waals surface area contributed by atoms with E-state index >= 15 is 0 Å². The number of alkyl halides is 3. The van der Waals surface area contributed by atoms with Crippen molar-refractivity contribution in [3.63, 3.8) is 0 Å². The number of rotatable bonds is 3. The van der Waals surface area contributed by atoms with Crippen LogP contribution < -0.4 is 10.6 Å². The van der Waals surface area contributed by atoms with Crippen LogP contribution >= 0.6 is 11.6 Å². The molecule has 0 spiro atoms. The highest BCUT2D eigenvalue weighted by Gasteiger charge is 2.43. The number of hydrazone groups is 1. The molecule has 0 saturated carbocycles. The summed E-state index contributed by atoms with van der Waals surface area (Å²) in [6, 6.07) is 2.85. The van der Waals surface area contributed by atoms with E-state index < -0.39 is 29.4 Å². The second-order valence-corrected chi connectivity index (χ2v) is 6.93. The Kier molecular flexibility index (Phi) is 5.94. The normalized spacial score (nSPS) is 18.1. The quantitative estimate of drug-likeness (QED) is 0.692. The smallest absolute Gasteiger partial charge is 0.355 e. The Labute approximate surface area is 180 Å². The molecule has 2 aliphatic rings. The summed E-state index contributed by atoms with van der Waals surface area (Å²) in [5.41, 5.74) is -0.848. The topological polar surface area (TPSA) is 85.9 Å². The largest absolute Gasteiger partial charge is 0.437 e. The van der Waals surface area contributed by atoms with Crippen molar-refractivity contribution in [2.75, 3.05) is 12.4 Å². The maximum atomic E-state index is 13.3. The number of aliphatic imine (C=N–C) groups is 1. The Morgan fingerprint density at radius 3 is 2.55 bits per heavy atom. The second-order valence-electron chi connectivity index (χ2n) is 6.49. The van der Waals surface area contributed by atoms with E-state index in [0.717, 1.165) is 4.68 Å². The third kappa shape index (κ3) is 4.48. The molecule has 160 valence electrons. The highest BCUT2D eigenvalue weighted by Crippen LogP contribution is 2.29. The van der Waals surface area contributed by atoms with E-state index in [-0.39, 0.29) is 27.7 Å². The molecule has 31 heavy (non-hydrogen) atoms. The molecule has 2 aliphatic heterocycles. The molecule has 0 fully saturated rings. The third-order valence-electron chi connectivity index (χ3n) is 4.31. The first kappa shape index (κ1) is 22.2. The zero-order chi connectivity index (χ0) is 22.9. The van der Waals surface area contributed by atoms with Gasteiger partial charge in [-0.2, -0.15) is 13.2 Å². The van der Waals surface area contributed by atoms with Gasteiger partial charge < -0.3 is 10.6 Å². The van der Waals surface area contributed by atoms with Gasteiger partial charge in [0.2, 0.25) is 5.70 Å². The molecular weight excluding hydrogens is 435 g/mol. The van der Waals surface area contributed by atoms with Crippen molar-refractivity contribution in [3.05, 3.63) is 64.4 Å². The number of anilines is 1. The minimum absolute atomic E-state index is 0.0393. The van der Waals surface area contributed by atoms with Crippen LogP contribution in [0.2, 0.25) is 5.02 Å². The summed E-state index contributed by atoms with van der Waals surface area (Å²) >= 11 is 6.01. The maximum Gasteiger partial charge on any atom is 0.437 e. The third-order valence-corrected chi connectivity index (χ3v) is 4.53. The summed E-state index contributed by atoms with van der Waals surface area (Å²) in [5.74, 6) is -1.50. The van der Waals surface area contributed by atoms with Crippen molar-refractivity contribution in [1.29, 1.82) is 0 Å². The van der Waals surface area contributed by atoms with Gasteiger partial charge in [-0.15, -0.1) is 0 Å². The van der Waals surface area contributed by atoms with Gasteiger partial charge >= 0.3 is 12.0 Å². The molecule has 1 aromatic rings. The number of amidine groups is 1. The average Bonchev–Trinajstić information content (AvgIpc) is 3.15. The van der Waals surface area contributed by atoms with Crippen molar-refractivity contribution in [2.45, 2.75) is 13.1 Å². The molecule has 11 heteroatoms. The fraction of sp³-hybridized carbons (Fsp3) is 0.150. The van der Waals surface area contributed by atoms with E-state index in [2.05, 4.69) is 27.3 Å². The second kappa shape index (κ2) is 8.31. The van der Waals surface area contributed by atoms with Crippen molar-refractivity contribution < 1.29 is 27.4 Å². The minimum Gasteiger partial charge on any atom is -0.355 e. The van der Waals surface area contributed by atoms with E-state index in [1.54, 1.807) is 13.0 Å².